The maximum atomic E-state index is 15.7. The Kier molecular flexibility index (Phi) is 10.7. The molecule has 5 aromatic rings. The predicted molar refractivity (Wildman–Crippen MR) is 179 cm³/mol. The van der Waals surface area contributed by atoms with Gasteiger partial charge in [0.25, 0.3) is 0 Å². The van der Waals surface area contributed by atoms with Crippen molar-refractivity contribution in [1.29, 1.82) is 0 Å². The summed E-state index contributed by atoms with van der Waals surface area (Å²) in [5.74, 6) is 0. The van der Waals surface area contributed by atoms with Crippen LogP contribution in [-0.4, -0.2) is 37.2 Å². The summed E-state index contributed by atoms with van der Waals surface area (Å²) in [6, 6.07) is 49.7. The highest BCUT2D eigenvalue weighted by molar-refractivity contribution is 7.79. The van der Waals surface area contributed by atoms with Crippen LogP contribution in [0.3, 0.4) is 0 Å². The molecular weight excluding hydrogens is 579 g/mol. The highest BCUT2D eigenvalue weighted by atomic mass is 31.2. The van der Waals surface area contributed by atoms with Crippen LogP contribution in [0.5, 0.6) is 0 Å². The van der Waals surface area contributed by atoms with Crippen molar-refractivity contribution >= 4 is 17.8 Å². The SMILES string of the molecule is O=P(c1ccccc1)(c1ccccc1)[C@H]1CO[C@H](COCc2ccccc2)[C@H](OCc2ccccc2)[C@@H]1OCc1ccccc1. The molecule has 5 nitrogen and oxygen atoms in total. The first-order valence-corrected chi connectivity index (χ1v) is 17.2. The van der Waals surface area contributed by atoms with Gasteiger partial charge in [-0.15, -0.1) is 0 Å². The molecule has 6 rings (SSSR count). The van der Waals surface area contributed by atoms with Gasteiger partial charge in [0.2, 0.25) is 0 Å². The van der Waals surface area contributed by atoms with E-state index in [1.165, 1.54) is 0 Å². The standard InChI is InChI=1S/C39H39O5P/c40-45(34-22-12-4-13-23-34,35-24-14-5-15-25-35)37-30-42-36(29-41-26-31-16-6-1-7-17-31)38(43-27-32-18-8-2-9-19-32)39(37)44-28-33-20-10-3-11-21-33/h1-25,36-39H,26-30H2/t36-,37+,38+,39-/m1/s1. The molecule has 1 saturated heterocycles. The number of hydrogen-bond acceptors (Lipinski definition) is 5. The van der Waals surface area contributed by atoms with Gasteiger partial charge < -0.3 is 23.5 Å². The molecule has 0 radical (unpaired) electrons. The minimum Gasteiger partial charge on any atom is -0.374 e. The van der Waals surface area contributed by atoms with Crippen LogP contribution in [0.2, 0.25) is 0 Å². The highest BCUT2D eigenvalue weighted by Crippen LogP contribution is 2.53. The van der Waals surface area contributed by atoms with Crippen LogP contribution in [0.15, 0.2) is 152 Å². The van der Waals surface area contributed by atoms with Gasteiger partial charge in [0.05, 0.1) is 44.8 Å². The van der Waals surface area contributed by atoms with Gasteiger partial charge in [-0.05, 0) is 16.7 Å². The average Bonchev–Trinajstić information content (AvgIpc) is 3.12. The molecule has 0 bridgehead atoms. The Morgan fingerprint density at radius 2 is 0.933 bits per heavy atom. The van der Waals surface area contributed by atoms with E-state index >= 15 is 4.57 Å². The normalized spacial score (nSPS) is 20.1. The van der Waals surface area contributed by atoms with Crippen LogP contribution in [0.25, 0.3) is 0 Å². The number of benzene rings is 5. The zero-order valence-electron chi connectivity index (χ0n) is 25.3. The minimum atomic E-state index is -3.28. The molecule has 5 aromatic carbocycles. The van der Waals surface area contributed by atoms with Crippen molar-refractivity contribution in [1.82, 2.24) is 0 Å². The fourth-order valence-corrected chi connectivity index (χ4v) is 9.20. The molecule has 1 aliphatic rings. The Hall–Kier alpha value is -3.83. The summed E-state index contributed by atoms with van der Waals surface area (Å²) in [6.07, 6.45) is -1.50. The van der Waals surface area contributed by atoms with E-state index in [0.29, 0.717) is 26.4 Å². The number of hydrogen-bond donors (Lipinski definition) is 0. The molecule has 0 N–H and O–H groups in total. The van der Waals surface area contributed by atoms with Gasteiger partial charge in [-0.3, -0.25) is 0 Å². The second-order valence-electron chi connectivity index (χ2n) is 11.3. The van der Waals surface area contributed by atoms with Crippen molar-refractivity contribution in [3.8, 4) is 0 Å². The van der Waals surface area contributed by atoms with Gasteiger partial charge in [-0.1, -0.05) is 152 Å². The third-order valence-corrected chi connectivity index (χ3v) is 11.8. The van der Waals surface area contributed by atoms with Crippen LogP contribution >= 0.6 is 7.14 Å². The molecule has 0 aliphatic carbocycles. The van der Waals surface area contributed by atoms with Crippen LogP contribution in [0, 0.1) is 0 Å². The van der Waals surface area contributed by atoms with Gasteiger partial charge in [-0.2, -0.15) is 0 Å². The molecule has 6 heteroatoms. The van der Waals surface area contributed by atoms with Crippen LogP contribution in [0.1, 0.15) is 16.7 Å². The second kappa shape index (κ2) is 15.4. The summed E-state index contributed by atoms with van der Waals surface area (Å²) in [7, 11) is -3.28. The first-order valence-electron chi connectivity index (χ1n) is 15.5. The lowest BCUT2D eigenvalue weighted by molar-refractivity contribution is -0.195. The fraction of sp³-hybridized carbons (Fsp3) is 0.231. The molecule has 0 unspecified atom stereocenters. The monoisotopic (exact) mass is 618 g/mol. The van der Waals surface area contributed by atoms with Crippen molar-refractivity contribution in [2.75, 3.05) is 13.2 Å². The topological polar surface area (TPSA) is 54.0 Å². The van der Waals surface area contributed by atoms with Crippen LogP contribution in [0.4, 0.5) is 0 Å². The third kappa shape index (κ3) is 7.70. The van der Waals surface area contributed by atoms with Crippen molar-refractivity contribution in [2.45, 2.75) is 43.8 Å². The van der Waals surface area contributed by atoms with E-state index in [1.807, 2.05) is 152 Å². The molecule has 1 aliphatic heterocycles. The average molecular weight is 619 g/mol. The number of rotatable bonds is 13. The zero-order chi connectivity index (χ0) is 30.7. The van der Waals surface area contributed by atoms with E-state index in [2.05, 4.69) is 0 Å². The minimum absolute atomic E-state index is 0.241. The van der Waals surface area contributed by atoms with Crippen LogP contribution in [-0.2, 0) is 43.3 Å². The van der Waals surface area contributed by atoms with Crippen molar-refractivity contribution in [3.05, 3.63) is 168 Å². The van der Waals surface area contributed by atoms with E-state index in [9.17, 15) is 0 Å². The second-order valence-corrected chi connectivity index (χ2v) is 14.3. The van der Waals surface area contributed by atoms with Gasteiger partial charge >= 0.3 is 0 Å². The van der Waals surface area contributed by atoms with Gasteiger partial charge in [0, 0.05) is 10.6 Å². The van der Waals surface area contributed by atoms with E-state index in [4.69, 9.17) is 18.9 Å². The summed E-state index contributed by atoms with van der Waals surface area (Å²) in [5, 5.41) is 1.55. The summed E-state index contributed by atoms with van der Waals surface area (Å²) >= 11 is 0. The Balaban J connectivity index is 1.36. The summed E-state index contributed by atoms with van der Waals surface area (Å²) in [5.41, 5.74) is 2.68. The lowest BCUT2D eigenvalue weighted by atomic mass is 10.0. The quantitative estimate of drug-likeness (QED) is 0.131. The smallest absolute Gasteiger partial charge is 0.151 e. The maximum absolute atomic E-state index is 15.7. The Morgan fingerprint density at radius 3 is 1.40 bits per heavy atom. The summed E-state index contributed by atoms with van der Waals surface area (Å²) < 4.78 is 42.0. The number of ether oxygens (including phenoxy) is 4. The van der Waals surface area contributed by atoms with E-state index < -0.39 is 31.1 Å². The van der Waals surface area contributed by atoms with Crippen molar-refractivity contribution in [2.24, 2.45) is 0 Å². The first-order chi connectivity index (χ1) is 22.2. The first kappa shape index (κ1) is 31.2. The van der Waals surface area contributed by atoms with E-state index in [1.54, 1.807) is 0 Å². The van der Waals surface area contributed by atoms with E-state index in [0.717, 1.165) is 27.3 Å². The third-order valence-electron chi connectivity index (χ3n) is 8.26. The van der Waals surface area contributed by atoms with Crippen molar-refractivity contribution < 1.29 is 23.5 Å². The molecular formula is C39H39O5P. The van der Waals surface area contributed by atoms with Gasteiger partial charge in [0.1, 0.15) is 12.2 Å². The Labute approximate surface area is 266 Å². The largest absolute Gasteiger partial charge is 0.374 e. The fourth-order valence-electron chi connectivity index (χ4n) is 5.94. The molecule has 0 saturated carbocycles. The predicted octanol–water partition coefficient (Wildman–Crippen LogP) is 7.16. The zero-order valence-corrected chi connectivity index (χ0v) is 26.2. The lowest BCUT2D eigenvalue weighted by Gasteiger charge is -2.45. The summed E-state index contributed by atoms with van der Waals surface area (Å²) in [4.78, 5) is 0. The lowest BCUT2D eigenvalue weighted by Crippen LogP contribution is -2.57. The maximum Gasteiger partial charge on any atom is 0.151 e. The summed E-state index contributed by atoms with van der Waals surface area (Å²) in [6.45, 7) is 1.73. The molecule has 1 heterocycles. The Morgan fingerprint density at radius 1 is 0.533 bits per heavy atom. The highest BCUT2D eigenvalue weighted by Gasteiger charge is 2.51. The van der Waals surface area contributed by atoms with Gasteiger partial charge in [-0.25, -0.2) is 0 Å². The molecule has 0 aromatic heterocycles. The molecule has 45 heavy (non-hydrogen) atoms. The van der Waals surface area contributed by atoms with Crippen molar-refractivity contribution in [3.63, 3.8) is 0 Å². The molecule has 0 spiro atoms. The molecule has 230 valence electrons. The molecule has 0 amide bonds. The molecule has 1 fully saturated rings. The molecule has 4 atom stereocenters. The van der Waals surface area contributed by atoms with E-state index in [-0.39, 0.29) is 6.61 Å². The van der Waals surface area contributed by atoms with Crippen LogP contribution < -0.4 is 10.6 Å². The Bertz CT molecular complexity index is 1570. The van der Waals surface area contributed by atoms with Gasteiger partial charge in [0.15, 0.2) is 7.14 Å².